The lowest BCUT2D eigenvalue weighted by Crippen LogP contribution is -2.36. The molecule has 2 aromatic carbocycles. The fourth-order valence-corrected chi connectivity index (χ4v) is 3.61. The number of benzene rings is 2. The van der Waals surface area contributed by atoms with E-state index in [1.807, 2.05) is 38.1 Å². The van der Waals surface area contributed by atoms with Crippen LogP contribution in [0.4, 0.5) is 0 Å². The summed E-state index contributed by atoms with van der Waals surface area (Å²) in [5.74, 6) is 1.95. The van der Waals surface area contributed by atoms with Crippen molar-refractivity contribution in [2.75, 3.05) is 13.1 Å². The normalized spacial score (nSPS) is 11.6. The summed E-state index contributed by atoms with van der Waals surface area (Å²) in [5, 5.41) is 2.90. The van der Waals surface area contributed by atoms with Gasteiger partial charge in [0.2, 0.25) is 10.0 Å². The zero-order valence-electron chi connectivity index (χ0n) is 15.1. The molecular weight excluding hydrogens is 428 g/mol. The molecule has 27 heavy (non-hydrogen) atoms. The molecule has 5 nitrogen and oxygen atoms in total. The molecule has 1 amide bonds. The van der Waals surface area contributed by atoms with E-state index in [2.05, 4.69) is 31.9 Å². The predicted octanol–water partition coefficient (Wildman–Crippen LogP) is 3.07. The first-order valence-electron chi connectivity index (χ1n) is 8.23. The molecule has 142 valence electrons. The molecule has 0 radical (unpaired) electrons. The Morgan fingerprint density at radius 1 is 1.11 bits per heavy atom. The molecule has 0 fully saturated rings. The third-order valence-corrected chi connectivity index (χ3v) is 6.05. The number of hydrogen-bond acceptors (Lipinski definition) is 3. The van der Waals surface area contributed by atoms with Gasteiger partial charge >= 0.3 is 0 Å². The quantitative estimate of drug-likeness (QED) is 0.639. The van der Waals surface area contributed by atoms with E-state index in [0.717, 1.165) is 10.0 Å². The van der Waals surface area contributed by atoms with Crippen LogP contribution in [0.1, 0.15) is 29.8 Å². The van der Waals surface area contributed by atoms with Crippen molar-refractivity contribution in [1.29, 1.82) is 0 Å². The van der Waals surface area contributed by atoms with Gasteiger partial charge in [-0.15, -0.1) is 6.42 Å². The molecule has 0 unspecified atom stereocenters. The molecule has 0 aromatic heterocycles. The first-order chi connectivity index (χ1) is 12.7. The minimum absolute atomic E-state index is 0.0597. The standard InChI is InChI=1S/C20H21BrN2O3S/c1-4-13-23-27(25,26)18-11-5-15(6-12-18)19(24)22-14-20(2,3)16-7-9-17(21)10-8-16/h1,5-12,23H,13-14H2,2-3H3,(H,22,24). The summed E-state index contributed by atoms with van der Waals surface area (Å²) in [6, 6.07) is 13.7. The smallest absolute Gasteiger partial charge is 0.251 e. The van der Waals surface area contributed by atoms with Crippen LogP contribution >= 0.6 is 15.9 Å². The summed E-state index contributed by atoms with van der Waals surface area (Å²) in [4.78, 5) is 12.5. The maximum Gasteiger partial charge on any atom is 0.251 e. The molecular formula is C20H21BrN2O3S. The second-order valence-corrected chi connectivity index (χ2v) is 9.31. The number of terminal acetylenes is 1. The number of amides is 1. The van der Waals surface area contributed by atoms with Crippen molar-refractivity contribution in [3.8, 4) is 12.3 Å². The van der Waals surface area contributed by atoms with Gasteiger partial charge in [-0.3, -0.25) is 4.79 Å². The SMILES string of the molecule is C#CCNS(=O)(=O)c1ccc(C(=O)NCC(C)(C)c2ccc(Br)cc2)cc1. The first-order valence-corrected chi connectivity index (χ1v) is 10.5. The fraction of sp³-hybridized carbons (Fsp3) is 0.250. The number of sulfonamides is 1. The Balaban J connectivity index is 2.04. The fourth-order valence-electron chi connectivity index (χ4n) is 2.41. The van der Waals surface area contributed by atoms with Gasteiger partial charge in [-0.2, -0.15) is 4.72 Å². The number of rotatable bonds is 7. The van der Waals surface area contributed by atoms with E-state index >= 15 is 0 Å². The van der Waals surface area contributed by atoms with E-state index in [1.54, 1.807) is 0 Å². The van der Waals surface area contributed by atoms with Crippen LogP contribution in [0.2, 0.25) is 0 Å². The van der Waals surface area contributed by atoms with E-state index in [-0.39, 0.29) is 22.8 Å². The monoisotopic (exact) mass is 448 g/mol. The van der Waals surface area contributed by atoms with Crippen LogP contribution in [-0.4, -0.2) is 27.4 Å². The minimum atomic E-state index is -3.67. The summed E-state index contributed by atoms with van der Waals surface area (Å²) in [5.41, 5.74) is 1.24. The molecule has 0 saturated heterocycles. The van der Waals surface area contributed by atoms with E-state index in [4.69, 9.17) is 6.42 Å². The van der Waals surface area contributed by atoms with Crippen molar-refractivity contribution >= 4 is 31.9 Å². The molecule has 2 aromatic rings. The molecule has 0 heterocycles. The van der Waals surface area contributed by atoms with Crippen LogP contribution < -0.4 is 10.0 Å². The Bertz CT molecular complexity index is 944. The molecule has 0 aliphatic carbocycles. The van der Waals surface area contributed by atoms with Crippen LogP contribution in [-0.2, 0) is 15.4 Å². The zero-order chi connectivity index (χ0) is 20.1. The lowest BCUT2D eigenvalue weighted by molar-refractivity contribution is 0.0945. The lowest BCUT2D eigenvalue weighted by Gasteiger charge is -2.25. The molecule has 0 saturated carbocycles. The Morgan fingerprint density at radius 3 is 2.26 bits per heavy atom. The van der Waals surface area contributed by atoms with Crippen LogP contribution in [0, 0.1) is 12.3 Å². The topological polar surface area (TPSA) is 75.3 Å². The molecule has 2 rings (SSSR count). The van der Waals surface area contributed by atoms with E-state index < -0.39 is 10.0 Å². The van der Waals surface area contributed by atoms with Crippen molar-refractivity contribution < 1.29 is 13.2 Å². The largest absolute Gasteiger partial charge is 0.351 e. The summed E-state index contributed by atoms with van der Waals surface area (Å²) in [7, 11) is -3.67. The molecule has 0 aliphatic heterocycles. The van der Waals surface area contributed by atoms with Crippen molar-refractivity contribution in [2.45, 2.75) is 24.2 Å². The first kappa shape index (κ1) is 21.2. The van der Waals surface area contributed by atoms with Gasteiger partial charge < -0.3 is 5.32 Å². The van der Waals surface area contributed by atoms with Crippen molar-refractivity contribution in [3.05, 3.63) is 64.1 Å². The van der Waals surface area contributed by atoms with Gasteiger partial charge in [0.05, 0.1) is 11.4 Å². The maximum absolute atomic E-state index is 12.4. The van der Waals surface area contributed by atoms with Gasteiger partial charge in [-0.05, 0) is 42.0 Å². The third kappa shape index (κ3) is 5.67. The number of halogens is 1. The Hall–Kier alpha value is -2.14. The molecule has 0 bridgehead atoms. The Labute approximate surface area is 168 Å². The highest BCUT2D eigenvalue weighted by atomic mass is 79.9. The zero-order valence-corrected chi connectivity index (χ0v) is 17.5. The number of carbonyl (C=O) groups excluding carboxylic acids is 1. The van der Waals surface area contributed by atoms with Gasteiger partial charge in [0, 0.05) is 22.0 Å². The molecule has 7 heteroatoms. The summed E-state index contributed by atoms with van der Waals surface area (Å²) >= 11 is 3.41. The highest BCUT2D eigenvalue weighted by molar-refractivity contribution is 9.10. The average Bonchev–Trinajstić information content (AvgIpc) is 2.65. The highest BCUT2D eigenvalue weighted by Gasteiger charge is 2.22. The van der Waals surface area contributed by atoms with Gasteiger partial charge in [0.1, 0.15) is 0 Å². The van der Waals surface area contributed by atoms with E-state index in [0.29, 0.717) is 12.1 Å². The van der Waals surface area contributed by atoms with Gasteiger partial charge in [0.15, 0.2) is 0 Å². The third-order valence-electron chi connectivity index (χ3n) is 4.11. The van der Waals surface area contributed by atoms with Crippen LogP contribution in [0.25, 0.3) is 0 Å². The van der Waals surface area contributed by atoms with Crippen molar-refractivity contribution in [1.82, 2.24) is 10.0 Å². The highest BCUT2D eigenvalue weighted by Crippen LogP contribution is 2.24. The number of hydrogen-bond donors (Lipinski definition) is 2. The van der Waals surface area contributed by atoms with Gasteiger partial charge in [-0.25, -0.2) is 8.42 Å². The van der Waals surface area contributed by atoms with E-state index in [1.165, 1.54) is 24.3 Å². The molecule has 0 spiro atoms. The molecule has 0 atom stereocenters. The number of carbonyl (C=O) groups is 1. The van der Waals surface area contributed by atoms with Crippen LogP contribution in [0.5, 0.6) is 0 Å². The van der Waals surface area contributed by atoms with E-state index in [9.17, 15) is 13.2 Å². The van der Waals surface area contributed by atoms with Crippen LogP contribution in [0.3, 0.4) is 0 Å². The molecule has 2 N–H and O–H groups in total. The second-order valence-electron chi connectivity index (χ2n) is 6.63. The van der Waals surface area contributed by atoms with Crippen LogP contribution in [0.15, 0.2) is 57.9 Å². The summed E-state index contributed by atoms with van der Waals surface area (Å²) in [6.45, 7) is 4.44. The Morgan fingerprint density at radius 2 is 1.70 bits per heavy atom. The van der Waals surface area contributed by atoms with Gasteiger partial charge in [0.25, 0.3) is 5.91 Å². The number of nitrogens with one attached hydrogen (secondary N) is 2. The summed E-state index contributed by atoms with van der Waals surface area (Å²) in [6.07, 6.45) is 5.06. The average molecular weight is 449 g/mol. The molecule has 0 aliphatic rings. The maximum atomic E-state index is 12.4. The van der Waals surface area contributed by atoms with Crippen molar-refractivity contribution in [2.24, 2.45) is 0 Å². The van der Waals surface area contributed by atoms with Crippen molar-refractivity contribution in [3.63, 3.8) is 0 Å². The second kappa shape index (κ2) is 8.70. The lowest BCUT2D eigenvalue weighted by atomic mass is 9.84. The predicted molar refractivity (Wildman–Crippen MR) is 110 cm³/mol. The Kier molecular flexibility index (Phi) is 6.82. The minimum Gasteiger partial charge on any atom is -0.351 e. The van der Waals surface area contributed by atoms with Gasteiger partial charge in [-0.1, -0.05) is 47.8 Å². The summed E-state index contributed by atoms with van der Waals surface area (Å²) < 4.78 is 27.3.